The summed E-state index contributed by atoms with van der Waals surface area (Å²) in [5, 5.41) is 0. The number of hydrogen-bond acceptors (Lipinski definition) is 3. The number of carbonyl (C=O) groups is 2. The molecule has 5 heteroatoms. The van der Waals surface area contributed by atoms with Crippen LogP contribution in [0.1, 0.15) is 15.9 Å². The Balaban J connectivity index is 1.54. The maximum atomic E-state index is 13.3. The topological polar surface area (TPSA) is 53.5 Å². The smallest absolute Gasteiger partial charge is 0.254 e. The van der Waals surface area contributed by atoms with E-state index in [1.54, 1.807) is 40.4 Å². The molecule has 0 unspecified atom stereocenters. The molecule has 1 saturated heterocycles. The Morgan fingerprint density at radius 2 is 1.66 bits per heavy atom. The quantitative estimate of drug-likeness (QED) is 0.559. The molecule has 1 aliphatic heterocycles. The summed E-state index contributed by atoms with van der Waals surface area (Å²) in [5.74, 6) is -0.294. The lowest BCUT2D eigenvalue weighted by atomic mass is 9.95. The van der Waals surface area contributed by atoms with E-state index < -0.39 is 0 Å². The van der Waals surface area contributed by atoms with Crippen LogP contribution in [-0.4, -0.2) is 52.8 Å². The normalized spacial score (nSPS) is 16.5. The maximum Gasteiger partial charge on any atom is 0.254 e. The van der Waals surface area contributed by atoms with Crippen molar-refractivity contribution in [2.24, 2.45) is 5.92 Å². The Labute approximate surface area is 189 Å². The van der Waals surface area contributed by atoms with Gasteiger partial charge in [0.15, 0.2) is 0 Å². The van der Waals surface area contributed by atoms with Crippen molar-refractivity contribution in [2.45, 2.75) is 6.42 Å². The summed E-state index contributed by atoms with van der Waals surface area (Å²) in [5.41, 5.74) is 3.98. The van der Waals surface area contributed by atoms with E-state index in [0.717, 1.165) is 16.7 Å². The molecule has 3 aromatic rings. The summed E-state index contributed by atoms with van der Waals surface area (Å²) in [6, 6.07) is 22.0. The third-order valence-corrected chi connectivity index (χ3v) is 5.85. The average Bonchev–Trinajstić information content (AvgIpc) is 3.00. The molecule has 0 bridgehead atoms. The Hall–Kier alpha value is -3.73. The van der Waals surface area contributed by atoms with Crippen LogP contribution in [0, 0.1) is 5.92 Å². The van der Waals surface area contributed by atoms with E-state index in [9.17, 15) is 9.59 Å². The number of pyridine rings is 1. The molecule has 0 saturated carbocycles. The van der Waals surface area contributed by atoms with Crippen molar-refractivity contribution in [1.29, 1.82) is 0 Å². The van der Waals surface area contributed by atoms with Gasteiger partial charge in [-0.3, -0.25) is 14.6 Å². The lowest BCUT2D eigenvalue weighted by molar-refractivity contribution is -0.134. The van der Waals surface area contributed by atoms with Crippen molar-refractivity contribution in [3.63, 3.8) is 0 Å². The highest BCUT2D eigenvalue weighted by molar-refractivity contribution is 5.94. The molecule has 1 aromatic heterocycles. The minimum Gasteiger partial charge on any atom is -0.337 e. The molecule has 0 aliphatic carbocycles. The summed E-state index contributed by atoms with van der Waals surface area (Å²) < 4.78 is 0. The van der Waals surface area contributed by atoms with Crippen LogP contribution < -0.4 is 0 Å². The Morgan fingerprint density at radius 3 is 2.34 bits per heavy atom. The maximum absolute atomic E-state index is 13.3. The molecule has 2 amide bonds. The van der Waals surface area contributed by atoms with Crippen LogP contribution in [0.5, 0.6) is 0 Å². The zero-order valence-corrected chi connectivity index (χ0v) is 18.1. The highest BCUT2D eigenvalue weighted by Crippen LogP contribution is 2.23. The van der Waals surface area contributed by atoms with Gasteiger partial charge >= 0.3 is 0 Å². The molecule has 2 heterocycles. The van der Waals surface area contributed by atoms with E-state index in [1.165, 1.54) is 0 Å². The first-order valence-corrected chi connectivity index (χ1v) is 10.9. The van der Waals surface area contributed by atoms with Crippen LogP contribution in [0.4, 0.5) is 0 Å². The van der Waals surface area contributed by atoms with Gasteiger partial charge in [-0.05, 0) is 35.2 Å². The molecule has 32 heavy (non-hydrogen) atoms. The van der Waals surface area contributed by atoms with Gasteiger partial charge in [0.25, 0.3) is 5.91 Å². The fraction of sp³-hybridized carbons (Fsp3) is 0.222. The van der Waals surface area contributed by atoms with Crippen molar-refractivity contribution in [3.05, 3.63) is 103 Å². The number of benzene rings is 2. The number of nitrogens with zero attached hydrogens (tertiary/aromatic N) is 3. The Kier molecular flexibility index (Phi) is 6.75. The molecular weight excluding hydrogens is 398 g/mol. The summed E-state index contributed by atoms with van der Waals surface area (Å²) in [6.45, 7) is 5.68. The van der Waals surface area contributed by atoms with Gasteiger partial charge in [-0.2, -0.15) is 0 Å². The average molecular weight is 426 g/mol. The van der Waals surface area contributed by atoms with E-state index in [4.69, 9.17) is 0 Å². The van der Waals surface area contributed by atoms with Crippen LogP contribution >= 0.6 is 0 Å². The van der Waals surface area contributed by atoms with E-state index in [2.05, 4.69) is 48.0 Å². The Morgan fingerprint density at radius 1 is 0.969 bits per heavy atom. The summed E-state index contributed by atoms with van der Waals surface area (Å²) in [6.07, 6.45) is 5.56. The van der Waals surface area contributed by atoms with Crippen molar-refractivity contribution in [3.8, 4) is 11.1 Å². The minimum atomic E-state index is -0.300. The molecule has 0 N–H and O–H groups in total. The number of hydrogen-bond donors (Lipinski definition) is 0. The number of amides is 2. The van der Waals surface area contributed by atoms with Crippen molar-refractivity contribution in [2.75, 3.05) is 26.2 Å². The van der Waals surface area contributed by atoms with Crippen molar-refractivity contribution in [1.82, 2.24) is 14.8 Å². The minimum absolute atomic E-state index is 0.0647. The SMILES string of the molecule is C=CCN1CCN(C(=O)c2ccncc2)C[C@H](Cc2ccc(-c3ccccc3)cc2)C1=O. The standard InChI is InChI=1S/C27H27N3O2/c1-2-16-29-17-18-30(26(31)24-12-14-28-15-13-24)20-25(27(29)32)19-21-8-10-23(11-9-21)22-6-4-3-5-7-22/h2-15,25H,1,16-20H2/t25-/m0/s1. The fourth-order valence-electron chi connectivity index (χ4n) is 4.14. The highest BCUT2D eigenvalue weighted by Gasteiger charge is 2.32. The Bertz CT molecular complexity index is 1070. The van der Waals surface area contributed by atoms with Gasteiger partial charge in [0, 0.05) is 44.1 Å². The second-order valence-electron chi connectivity index (χ2n) is 8.02. The lowest BCUT2D eigenvalue weighted by Crippen LogP contribution is -2.38. The molecular formula is C27H27N3O2. The van der Waals surface area contributed by atoms with Crippen LogP contribution in [0.2, 0.25) is 0 Å². The van der Waals surface area contributed by atoms with Gasteiger partial charge in [-0.15, -0.1) is 6.58 Å². The summed E-state index contributed by atoms with van der Waals surface area (Å²) in [4.78, 5) is 33.9. The van der Waals surface area contributed by atoms with E-state index in [0.29, 0.717) is 38.2 Å². The first kappa shape index (κ1) is 21.5. The van der Waals surface area contributed by atoms with Gasteiger partial charge < -0.3 is 9.80 Å². The molecule has 0 radical (unpaired) electrons. The van der Waals surface area contributed by atoms with Crippen LogP contribution in [0.25, 0.3) is 11.1 Å². The monoisotopic (exact) mass is 425 g/mol. The first-order chi connectivity index (χ1) is 15.7. The summed E-state index contributed by atoms with van der Waals surface area (Å²) in [7, 11) is 0. The predicted octanol–water partition coefficient (Wildman–Crippen LogP) is 4.08. The molecule has 1 fully saturated rings. The van der Waals surface area contributed by atoms with E-state index in [1.807, 2.05) is 18.2 Å². The first-order valence-electron chi connectivity index (χ1n) is 10.9. The van der Waals surface area contributed by atoms with E-state index in [-0.39, 0.29) is 17.7 Å². The van der Waals surface area contributed by atoms with Gasteiger partial charge in [0.1, 0.15) is 0 Å². The van der Waals surface area contributed by atoms with Crippen LogP contribution in [-0.2, 0) is 11.2 Å². The van der Waals surface area contributed by atoms with Gasteiger partial charge in [0.2, 0.25) is 5.91 Å². The summed E-state index contributed by atoms with van der Waals surface area (Å²) >= 11 is 0. The molecule has 1 atom stereocenters. The second kappa shape index (κ2) is 10.1. The number of aromatic nitrogens is 1. The third kappa shape index (κ3) is 4.94. The molecule has 5 nitrogen and oxygen atoms in total. The lowest BCUT2D eigenvalue weighted by Gasteiger charge is -2.23. The highest BCUT2D eigenvalue weighted by atomic mass is 16.2. The van der Waals surface area contributed by atoms with E-state index >= 15 is 0 Å². The molecule has 2 aromatic carbocycles. The second-order valence-corrected chi connectivity index (χ2v) is 8.02. The molecule has 1 aliphatic rings. The van der Waals surface area contributed by atoms with Crippen LogP contribution in [0.15, 0.2) is 91.8 Å². The third-order valence-electron chi connectivity index (χ3n) is 5.85. The number of carbonyl (C=O) groups excluding carboxylic acids is 2. The van der Waals surface area contributed by atoms with Gasteiger partial charge in [-0.25, -0.2) is 0 Å². The zero-order valence-electron chi connectivity index (χ0n) is 18.1. The fourth-order valence-corrected chi connectivity index (χ4v) is 4.14. The molecule has 4 rings (SSSR count). The molecule has 162 valence electrons. The largest absolute Gasteiger partial charge is 0.337 e. The van der Waals surface area contributed by atoms with Crippen LogP contribution in [0.3, 0.4) is 0 Å². The number of rotatable bonds is 6. The molecule has 0 spiro atoms. The van der Waals surface area contributed by atoms with Gasteiger partial charge in [0.05, 0.1) is 5.92 Å². The zero-order chi connectivity index (χ0) is 22.3. The van der Waals surface area contributed by atoms with Crippen molar-refractivity contribution >= 4 is 11.8 Å². The van der Waals surface area contributed by atoms with Crippen molar-refractivity contribution < 1.29 is 9.59 Å². The van der Waals surface area contributed by atoms with Gasteiger partial charge in [-0.1, -0.05) is 60.7 Å². The predicted molar refractivity (Wildman–Crippen MR) is 126 cm³/mol.